The molecule has 23 heavy (non-hydrogen) atoms. The first-order valence-electron chi connectivity index (χ1n) is 7.30. The molecule has 0 spiro atoms. The topological polar surface area (TPSA) is 93.8 Å². The number of hydrogen-bond donors (Lipinski definition) is 1. The SMILES string of the molecule is Cn1cc(-c2noc(C3(c4ccccc4)CC3)n2)c(=O)[nH]c1=O. The van der Waals surface area contributed by atoms with Gasteiger partial charge in [0.1, 0.15) is 5.56 Å². The summed E-state index contributed by atoms with van der Waals surface area (Å²) in [5, 5.41) is 3.93. The Labute approximate surface area is 130 Å². The Bertz CT molecular complexity index is 980. The van der Waals surface area contributed by atoms with Crippen LogP contribution in [0.25, 0.3) is 11.4 Å². The number of aryl methyl sites for hydroxylation is 1. The fraction of sp³-hybridized carbons (Fsp3) is 0.250. The lowest BCUT2D eigenvalue weighted by Gasteiger charge is -2.09. The van der Waals surface area contributed by atoms with Gasteiger partial charge in [-0.3, -0.25) is 9.78 Å². The van der Waals surface area contributed by atoms with Gasteiger partial charge in [-0.2, -0.15) is 4.98 Å². The summed E-state index contributed by atoms with van der Waals surface area (Å²) in [5.74, 6) is 0.700. The quantitative estimate of drug-likeness (QED) is 0.784. The number of aromatic amines is 1. The molecule has 7 heteroatoms. The lowest BCUT2D eigenvalue weighted by molar-refractivity contribution is 0.360. The van der Waals surface area contributed by atoms with Crippen LogP contribution >= 0.6 is 0 Å². The van der Waals surface area contributed by atoms with Gasteiger partial charge in [-0.15, -0.1) is 0 Å². The Kier molecular flexibility index (Phi) is 2.84. The highest BCUT2D eigenvalue weighted by molar-refractivity contribution is 5.52. The maximum atomic E-state index is 11.9. The molecular weight excluding hydrogens is 296 g/mol. The second kappa shape index (κ2) is 4.77. The number of nitrogens with one attached hydrogen (secondary N) is 1. The van der Waals surface area contributed by atoms with Crippen LogP contribution in [-0.2, 0) is 12.5 Å². The van der Waals surface area contributed by atoms with Crippen molar-refractivity contribution in [1.29, 1.82) is 0 Å². The summed E-state index contributed by atoms with van der Waals surface area (Å²) in [7, 11) is 1.55. The Morgan fingerprint density at radius 2 is 1.96 bits per heavy atom. The van der Waals surface area contributed by atoms with Crippen LogP contribution in [0.4, 0.5) is 0 Å². The molecule has 3 aromatic rings. The Morgan fingerprint density at radius 3 is 2.65 bits per heavy atom. The molecule has 116 valence electrons. The average molecular weight is 310 g/mol. The van der Waals surface area contributed by atoms with E-state index in [4.69, 9.17) is 4.52 Å². The number of hydrogen-bond acceptors (Lipinski definition) is 5. The van der Waals surface area contributed by atoms with Crippen LogP contribution in [0.2, 0.25) is 0 Å². The van der Waals surface area contributed by atoms with Gasteiger partial charge in [-0.1, -0.05) is 35.5 Å². The lowest BCUT2D eigenvalue weighted by Crippen LogP contribution is -2.28. The van der Waals surface area contributed by atoms with Crippen molar-refractivity contribution in [2.24, 2.45) is 7.05 Å². The van der Waals surface area contributed by atoms with Crippen LogP contribution in [0.15, 0.2) is 50.6 Å². The lowest BCUT2D eigenvalue weighted by atomic mass is 9.96. The van der Waals surface area contributed by atoms with E-state index in [1.807, 2.05) is 30.3 Å². The van der Waals surface area contributed by atoms with Gasteiger partial charge < -0.3 is 9.09 Å². The fourth-order valence-corrected chi connectivity index (χ4v) is 2.76. The van der Waals surface area contributed by atoms with E-state index in [2.05, 4.69) is 15.1 Å². The molecule has 4 rings (SSSR count). The highest BCUT2D eigenvalue weighted by atomic mass is 16.5. The van der Waals surface area contributed by atoms with Gasteiger partial charge in [0.25, 0.3) is 5.56 Å². The summed E-state index contributed by atoms with van der Waals surface area (Å²) in [4.78, 5) is 30.0. The zero-order valence-corrected chi connectivity index (χ0v) is 12.4. The van der Waals surface area contributed by atoms with Crippen molar-refractivity contribution in [3.8, 4) is 11.4 Å². The van der Waals surface area contributed by atoms with Gasteiger partial charge >= 0.3 is 5.69 Å². The van der Waals surface area contributed by atoms with Crippen LogP contribution in [0.1, 0.15) is 24.3 Å². The van der Waals surface area contributed by atoms with Gasteiger partial charge in [-0.25, -0.2) is 4.79 Å². The van der Waals surface area contributed by atoms with Crippen LogP contribution in [-0.4, -0.2) is 19.7 Å². The zero-order chi connectivity index (χ0) is 16.0. The number of rotatable bonds is 3. The molecule has 7 nitrogen and oxygen atoms in total. The number of benzene rings is 1. The molecule has 2 heterocycles. The normalized spacial score (nSPS) is 15.5. The molecule has 0 bridgehead atoms. The smallest absolute Gasteiger partial charge is 0.328 e. The van der Waals surface area contributed by atoms with Crippen molar-refractivity contribution in [1.82, 2.24) is 19.7 Å². The molecule has 0 atom stereocenters. The molecule has 2 aromatic heterocycles. The predicted molar refractivity (Wildman–Crippen MR) is 82.1 cm³/mol. The van der Waals surface area contributed by atoms with Gasteiger partial charge in [0, 0.05) is 13.2 Å². The summed E-state index contributed by atoms with van der Waals surface area (Å²) in [6.45, 7) is 0. The molecule has 0 radical (unpaired) electrons. The number of aromatic nitrogens is 4. The third kappa shape index (κ3) is 2.12. The maximum Gasteiger partial charge on any atom is 0.328 e. The molecule has 1 aliphatic rings. The van der Waals surface area contributed by atoms with E-state index in [1.165, 1.54) is 10.8 Å². The molecule has 0 aliphatic heterocycles. The van der Waals surface area contributed by atoms with E-state index in [0.29, 0.717) is 5.89 Å². The summed E-state index contributed by atoms with van der Waals surface area (Å²) in [5.41, 5.74) is 0.0888. The van der Waals surface area contributed by atoms with Gasteiger partial charge in [0.15, 0.2) is 0 Å². The molecule has 1 fully saturated rings. The van der Waals surface area contributed by atoms with Gasteiger partial charge in [-0.05, 0) is 18.4 Å². The number of nitrogens with zero attached hydrogens (tertiary/aromatic N) is 3. The van der Waals surface area contributed by atoms with Crippen LogP contribution in [0.3, 0.4) is 0 Å². The molecule has 0 amide bonds. The molecule has 0 unspecified atom stereocenters. The van der Waals surface area contributed by atoms with Crippen LogP contribution in [0.5, 0.6) is 0 Å². The minimum Gasteiger partial charge on any atom is -0.338 e. The van der Waals surface area contributed by atoms with E-state index in [9.17, 15) is 9.59 Å². The molecule has 0 saturated heterocycles. The maximum absolute atomic E-state index is 11.9. The van der Waals surface area contributed by atoms with Crippen molar-refractivity contribution in [2.75, 3.05) is 0 Å². The minimum absolute atomic E-state index is 0.194. The van der Waals surface area contributed by atoms with Crippen molar-refractivity contribution in [2.45, 2.75) is 18.3 Å². The predicted octanol–water partition coefficient (Wildman–Crippen LogP) is 1.20. The van der Waals surface area contributed by atoms with Gasteiger partial charge in [0.2, 0.25) is 11.7 Å². The summed E-state index contributed by atoms with van der Waals surface area (Å²) in [6.07, 6.45) is 3.28. The van der Waals surface area contributed by atoms with E-state index in [0.717, 1.165) is 18.4 Å². The number of H-pyrrole nitrogens is 1. The van der Waals surface area contributed by atoms with E-state index < -0.39 is 11.2 Å². The Balaban J connectivity index is 1.78. The van der Waals surface area contributed by atoms with Crippen LogP contribution < -0.4 is 11.2 Å². The third-order valence-corrected chi connectivity index (χ3v) is 4.26. The van der Waals surface area contributed by atoms with E-state index in [1.54, 1.807) is 7.05 Å². The first kappa shape index (κ1) is 13.7. The molecule has 1 aromatic carbocycles. The largest absolute Gasteiger partial charge is 0.338 e. The monoisotopic (exact) mass is 310 g/mol. The third-order valence-electron chi connectivity index (χ3n) is 4.26. The Morgan fingerprint density at radius 1 is 1.22 bits per heavy atom. The first-order chi connectivity index (χ1) is 11.1. The van der Waals surface area contributed by atoms with E-state index in [-0.39, 0.29) is 16.8 Å². The fourth-order valence-electron chi connectivity index (χ4n) is 2.76. The van der Waals surface area contributed by atoms with Crippen LogP contribution in [0, 0.1) is 0 Å². The van der Waals surface area contributed by atoms with Crippen molar-refractivity contribution in [3.63, 3.8) is 0 Å². The zero-order valence-electron chi connectivity index (χ0n) is 12.4. The highest BCUT2D eigenvalue weighted by Crippen LogP contribution is 2.52. The second-order valence-corrected chi connectivity index (χ2v) is 5.78. The van der Waals surface area contributed by atoms with Crippen molar-refractivity contribution in [3.05, 3.63) is 68.8 Å². The highest BCUT2D eigenvalue weighted by Gasteiger charge is 2.50. The Hall–Kier alpha value is -2.96. The first-order valence-corrected chi connectivity index (χ1v) is 7.30. The molecular formula is C16H14N4O3. The van der Waals surface area contributed by atoms with Gasteiger partial charge in [0.05, 0.1) is 5.41 Å². The second-order valence-electron chi connectivity index (χ2n) is 5.78. The molecule has 1 saturated carbocycles. The summed E-state index contributed by atoms with van der Waals surface area (Å²) >= 11 is 0. The van der Waals surface area contributed by atoms with E-state index >= 15 is 0 Å². The molecule has 1 aliphatic carbocycles. The summed E-state index contributed by atoms with van der Waals surface area (Å²) < 4.78 is 6.70. The molecule has 1 N–H and O–H groups in total. The van der Waals surface area contributed by atoms with Crippen molar-refractivity contribution >= 4 is 0 Å². The van der Waals surface area contributed by atoms with Crippen molar-refractivity contribution < 1.29 is 4.52 Å². The average Bonchev–Trinajstić information content (AvgIpc) is 3.23. The minimum atomic E-state index is -0.523. The summed E-state index contributed by atoms with van der Waals surface area (Å²) in [6, 6.07) is 9.99. The standard InChI is InChI=1S/C16H14N4O3/c1-20-9-11(13(21)18-15(20)22)12-17-14(23-19-12)16(7-8-16)10-5-3-2-4-6-10/h2-6,9H,7-8H2,1H3,(H,18,21,22).